The summed E-state index contributed by atoms with van der Waals surface area (Å²) in [5, 5.41) is 3.01. The Morgan fingerprint density at radius 2 is 1.65 bits per heavy atom. The fourth-order valence-corrected chi connectivity index (χ4v) is 2.86. The third kappa shape index (κ3) is 3.14. The molecule has 0 fully saturated rings. The van der Waals surface area contributed by atoms with Crippen LogP contribution in [0.15, 0.2) is 59.4 Å². The average molecular weight is 306 g/mol. The van der Waals surface area contributed by atoms with Crippen LogP contribution in [-0.4, -0.2) is 9.78 Å². The minimum atomic E-state index is -0.0339. The Labute approximate surface area is 136 Å². The highest BCUT2D eigenvalue weighted by molar-refractivity contribution is 5.66. The Morgan fingerprint density at radius 1 is 1.00 bits per heavy atom. The standard InChI is InChI=1S/C20H22N2O/c1-14(2)13-18-19(16-11-9-15(3)10-12-16)20(23)21-22(18)17-7-5-4-6-8-17/h4-12,14H,13H2,1-3H3,(H,21,23). The van der Waals surface area contributed by atoms with Gasteiger partial charge >= 0.3 is 0 Å². The van der Waals surface area contributed by atoms with Gasteiger partial charge in [0.25, 0.3) is 5.56 Å². The lowest BCUT2D eigenvalue weighted by molar-refractivity contribution is 0.616. The molecule has 0 atom stereocenters. The quantitative estimate of drug-likeness (QED) is 0.765. The van der Waals surface area contributed by atoms with Crippen LogP contribution in [0.4, 0.5) is 0 Å². The maximum absolute atomic E-state index is 12.6. The van der Waals surface area contributed by atoms with E-state index in [1.54, 1.807) is 0 Å². The predicted molar refractivity (Wildman–Crippen MR) is 95.1 cm³/mol. The van der Waals surface area contributed by atoms with Gasteiger partial charge in [0, 0.05) is 0 Å². The zero-order valence-corrected chi connectivity index (χ0v) is 13.8. The van der Waals surface area contributed by atoms with Crippen molar-refractivity contribution in [1.29, 1.82) is 0 Å². The van der Waals surface area contributed by atoms with Gasteiger partial charge in [0.1, 0.15) is 0 Å². The lowest BCUT2D eigenvalue weighted by Crippen LogP contribution is -2.06. The average Bonchev–Trinajstić information content (AvgIpc) is 2.85. The van der Waals surface area contributed by atoms with Gasteiger partial charge in [-0.1, -0.05) is 61.9 Å². The first kappa shape index (κ1) is 15.3. The lowest BCUT2D eigenvalue weighted by atomic mass is 9.99. The molecule has 3 heteroatoms. The molecule has 1 aromatic heterocycles. The van der Waals surface area contributed by atoms with Crippen molar-refractivity contribution in [2.75, 3.05) is 0 Å². The molecule has 3 aromatic rings. The second kappa shape index (κ2) is 6.29. The second-order valence-electron chi connectivity index (χ2n) is 6.40. The molecule has 0 saturated carbocycles. The summed E-state index contributed by atoms with van der Waals surface area (Å²) in [5.74, 6) is 0.462. The molecule has 0 amide bonds. The molecule has 0 aliphatic heterocycles. The molecule has 2 aromatic carbocycles. The molecule has 0 radical (unpaired) electrons. The molecule has 1 N–H and O–H groups in total. The fraction of sp³-hybridized carbons (Fsp3) is 0.250. The van der Waals surface area contributed by atoms with Crippen molar-refractivity contribution in [3.05, 3.63) is 76.2 Å². The Kier molecular flexibility index (Phi) is 4.20. The molecule has 23 heavy (non-hydrogen) atoms. The van der Waals surface area contributed by atoms with Crippen LogP contribution in [-0.2, 0) is 6.42 Å². The number of nitrogens with one attached hydrogen (secondary N) is 1. The van der Waals surface area contributed by atoms with Gasteiger partial charge in [-0.05, 0) is 37.0 Å². The zero-order chi connectivity index (χ0) is 16.4. The van der Waals surface area contributed by atoms with Crippen LogP contribution >= 0.6 is 0 Å². The third-order valence-electron chi connectivity index (χ3n) is 3.96. The Bertz CT molecular complexity index is 840. The monoisotopic (exact) mass is 306 g/mol. The molecule has 3 rings (SSSR count). The number of aromatic amines is 1. The minimum absolute atomic E-state index is 0.0339. The van der Waals surface area contributed by atoms with Gasteiger partial charge in [-0.25, -0.2) is 0 Å². The molecule has 118 valence electrons. The molecule has 0 aliphatic carbocycles. The van der Waals surface area contributed by atoms with Crippen LogP contribution in [0.2, 0.25) is 0 Å². The van der Waals surface area contributed by atoms with Crippen LogP contribution in [0.5, 0.6) is 0 Å². The molecule has 0 bridgehead atoms. The second-order valence-corrected chi connectivity index (χ2v) is 6.40. The molecule has 0 spiro atoms. The minimum Gasteiger partial charge on any atom is -0.267 e. The normalized spacial score (nSPS) is 11.1. The van der Waals surface area contributed by atoms with E-state index >= 15 is 0 Å². The first-order chi connectivity index (χ1) is 11.1. The fourth-order valence-electron chi connectivity index (χ4n) is 2.86. The number of rotatable bonds is 4. The molecule has 1 heterocycles. The van der Waals surface area contributed by atoms with E-state index in [-0.39, 0.29) is 5.56 Å². The van der Waals surface area contributed by atoms with Crippen molar-refractivity contribution >= 4 is 0 Å². The highest BCUT2D eigenvalue weighted by Crippen LogP contribution is 2.25. The number of hydrogen-bond donors (Lipinski definition) is 1. The maximum atomic E-state index is 12.6. The van der Waals surface area contributed by atoms with Crippen molar-refractivity contribution in [3.8, 4) is 16.8 Å². The van der Waals surface area contributed by atoms with E-state index in [1.165, 1.54) is 5.56 Å². The van der Waals surface area contributed by atoms with E-state index in [2.05, 4.69) is 25.9 Å². The Morgan fingerprint density at radius 3 is 2.26 bits per heavy atom. The van der Waals surface area contributed by atoms with Crippen LogP contribution < -0.4 is 5.56 Å². The summed E-state index contributed by atoms with van der Waals surface area (Å²) >= 11 is 0. The highest BCUT2D eigenvalue weighted by atomic mass is 16.1. The van der Waals surface area contributed by atoms with E-state index in [4.69, 9.17) is 0 Å². The lowest BCUT2D eigenvalue weighted by Gasteiger charge is -2.12. The predicted octanol–water partition coefficient (Wildman–Crippen LogP) is 4.34. The molecule has 3 nitrogen and oxygen atoms in total. The first-order valence-corrected chi connectivity index (χ1v) is 8.02. The SMILES string of the molecule is Cc1ccc(-c2c(CC(C)C)n(-c3ccccc3)[nH]c2=O)cc1. The third-order valence-corrected chi connectivity index (χ3v) is 3.96. The van der Waals surface area contributed by atoms with Crippen LogP contribution in [0, 0.1) is 12.8 Å². The number of benzene rings is 2. The van der Waals surface area contributed by atoms with Gasteiger partial charge in [-0.15, -0.1) is 0 Å². The Hall–Kier alpha value is -2.55. The van der Waals surface area contributed by atoms with Gasteiger partial charge in [0.15, 0.2) is 0 Å². The highest BCUT2D eigenvalue weighted by Gasteiger charge is 2.18. The van der Waals surface area contributed by atoms with Crippen LogP contribution in [0.3, 0.4) is 0 Å². The summed E-state index contributed by atoms with van der Waals surface area (Å²) in [6, 6.07) is 18.1. The van der Waals surface area contributed by atoms with E-state index < -0.39 is 0 Å². The molecule has 0 saturated heterocycles. The van der Waals surface area contributed by atoms with E-state index in [1.807, 2.05) is 59.3 Å². The smallest absolute Gasteiger partial charge is 0.267 e. The summed E-state index contributed by atoms with van der Waals surface area (Å²) in [5.41, 5.74) is 4.94. The van der Waals surface area contributed by atoms with Crippen molar-refractivity contribution < 1.29 is 0 Å². The van der Waals surface area contributed by atoms with Gasteiger partial charge in [-0.2, -0.15) is 0 Å². The number of H-pyrrole nitrogens is 1. The number of aryl methyl sites for hydroxylation is 1. The number of para-hydroxylation sites is 1. The number of nitrogens with zero attached hydrogens (tertiary/aromatic N) is 1. The van der Waals surface area contributed by atoms with Crippen molar-refractivity contribution in [2.24, 2.45) is 5.92 Å². The molecule has 0 unspecified atom stereocenters. The van der Waals surface area contributed by atoms with Gasteiger partial charge < -0.3 is 0 Å². The molecular weight excluding hydrogens is 284 g/mol. The van der Waals surface area contributed by atoms with Crippen molar-refractivity contribution in [2.45, 2.75) is 27.2 Å². The summed E-state index contributed by atoms with van der Waals surface area (Å²) in [6.07, 6.45) is 0.844. The summed E-state index contributed by atoms with van der Waals surface area (Å²) in [6.45, 7) is 6.40. The van der Waals surface area contributed by atoms with Crippen molar-refractivity contribution in [1.82, 2.24) is 9.78 Å². The van der Waals surface area contributed by atoms with Gasteiger partial charge in [-0.3, -0.25) is 14.6 Å². The van der Waals surface area contributed by atoms with E-state index in [9.17, 15) is 4.79 Å². The zero-order valence-electron chi connectivity index (χ0n) is 13.8. The topological polar surface area (TPSA) is 37.8 Å². The molecular formula is C20H22N2O. The summed E-state index contributed by atoms with van der Waals surface area (Å²) in [4.78, 5) is 12.6. The largest absolute Gasteiger partial charge is 0.272 e. The first-order valence-electron chi connectivity index (χ1n) is 8.02. The van der Waals surface area contributed by atoms with Crippen molar-refractivity contribution in [3.63, 3.8) is 0 Å². The summed E-state index contributed by atoms with van der Waals surface area (Å²) < 4.78 is 1.93. The van der Waals surface area contributed by atoms with E-state index in [0.717, 1.165) is 28.9 Å². The van der Waals surface area contributed by atoms with Crippen LogP contribution in [0.1, 0.15) is 25.1 Å². The summed E-state index contributed by atoms with van der Waals surface area (Å²) in [7, 11) is 0. The van der Waals surface area contributed by atoms with E-state index in [0.29, 0.717) is 5.92 Å². The van der Waals surface area contributed by atoms with Crippen LogP contribution in [0.25, 0.3) is 16.8 Å². The van der Waals surface area contributed by atoms with Gasteiger partial charge in [0.2, 0.25) is 0 Å². The molecule has 0 aliphatic rings. The van der Waals surface area contributed by atoms with Gasteiger partial charge in [0.05, 0.1) is 16.9 Å². The Balaban J connectivity index is 2.21. The number of aromatic nitrogens is 2. The maximum Gasteiger partial charge on any atom is 0.272 e. The number of hydrogen-bond acceptors (Lipinski definition) is 1.